The molecular formula is C19H30O3. The highest BCUT2D eigenvalue weighted by Gasteiger charge is 2.23. The van der Waals surface area contributed by atoms with E-state index in [1.165, 1.54) is 25.7 Å². The third-order valence-corrected chi connectivity index (χ3v) is 4.10. The molecule has 0 unspecified atom stereocenters. The first-order chi connectivity index (χ1) is 10.8. The number of ether oxygens (including phenoxy) is 3. The maximum absolute atomic E-state index is 5.88. The molecule has 1 aromatic carbocycles. The summed E-state index contributed by atoms with van der Waals surface area (Å²) in [4.78, 5) is 0. The summed E-state index contributed by atoms with van der Waals surface area (Å²) in [7, 11) is 0. The molecule has 0 spiro atoms. The van der Waals surface area contributed by atoms with E-state index in [1.54, 1.807) is 0 Å². The normalized spacial score (nSPS) is 21.7. The predicted octanol–water partition coefficient (Wildman–Crippen LogP) is 5.11. The second kappa shape index (κ2) is 9.86. The summed E-state index contributed by atoms with van der Waals surface area (Å²) in [5.74, 6) is 1.48. The molecule has 0 bridgehead atoms. The van der Waals surface area contributed by atoms with E-state index in [4.69, 9.17) is 14.2 Å². The van der Waals surface area contributed by atoms with Crippen molar-refractivity contribution >= 4 is 0 Å². The van der Waals surface area contributed by atoms with E-state index in [0.717, 1.165) is 44.0 Å². The Bertz CT molecular complexity index is 394. The predicted molar refractivity (Wildman–Crippen MR) is 89.1 cm³/mol. The van der Waals surface area contributed by atoms with Crippen LogP contribution in [0.1, 0.15) is 64.2 Å². The summed E-state index contributed by atoms with van der Waals surface area (Å²) in [6, 6.07) is 8.10. The Kier molecular flexibility index (Phi) is 7.75. The van der Waals surface area contributed by atoms with Crippen molar-refractivity contribution in [2.24, 2.45) is 5.92 Å². The molecule has 1 aliphatic rings. The first-order valence-corrected chi connectivity index (χ1v) is 8.79. The lowest BCUT2D eigenvalue weighted by molar-refractivity contribution is -0.206. The summed E-state index contributed by atoms with van der Waals surface area (Å²) in [5.41, 5.74) is 1.08. The number of hydrogen-bond acceptors (Lipinski definition) is 3. The van der Waals surface area contributed by atoms with Crippen LogP contribution in [0.5, 0.6) is 5.75 Å². The Morgan fingerprint density at radius 3 is 2.27 bits per heavy atom. The quantitative estimate of drug-likeness (QED) is 0.593. The zero-order chi connectivity index (χ0) is 15.6. The van der Waals surface area contributed by atoms with E-state index < -0.39 is 0 Å². The van der Waals surface area contributed by atoms with Gasteiger partial charge in [-0.1, -0.05) is 51.7 Å². The lowest BCUT2D eigenvalue weighted by Gasteiger charge is -2.29. The van der Waals surface area contributed by atoms with Gasteiger partial charge in [-0.15, -0.1) is 0 Å². The van der Waals surface area contributed by atoms with Crippen LogP contribution in [0.2, 0.25) is 0 Å². The van der Waals surface area contributed by atoms with Crippen LogP contribution >= 0.6 is 0 Å². The highest BCUT2D eigenvalue weighted by atomic mass is 16.7. The van der Waals surface area contributed by atoms with Crippen molar-refractivity contribution in [2.45, 2.75) is 58.7 Å². The van der Waals surface area contributed by atoms with Crippen LogP contribution < -0.4 is 4.74 Å². The molecule has 1 aromatic rings. The molecule has 0 saturated carbocycles. The van der Waals surface area contributed by atoms with E-state index in [2.05, 4.69) is 13.8 Å². The largest absolute Gasteiger partial charge is 0.494 e. The lowest BCUT2D eigenvalue weighted by atomic mass is 10.0. The van der Waals surface area contributed by atoms with E-state index in [1.807, 2.05) is 24.3 Å². The van der Waals surface area contributed by atoms with Crippen LogP contribution in [0, 0.1) is 5.92 Å². The van der Waals surface area contributed by atoms with Crippen LogP contribution in [-0.4, -0.2) is 19.8 Å². The molecule has 0 aromatic heterocycles. The van der Waals surface area contributed by atoms with Gasteiger partial charge in [0.15, 0.2) is 6.29 Å². The Morgan fingerprint density at radius 1 is 0.955 bits per heavy atom. The first-order valence-electron chi connectivity index (χ1n) is 8.79. The van der Waals surface area contributed by atoms with Crippen LogP contribution in [0.3, 0.4) is 0 Å². The molecule has 22 heavy (non-hydrogen) atoms. The van der Waals surface area contributed by atoms with Crippen molar-refractivity contribution < 1.29 is 14.2 Å². The molecule has 0 atom stereocenters. The fourth-order valence-corrected chi connectivity index (χ4v) is 2.64. The fourth-order valence-electron chi connectivity index (χ4n) is 2.64. The minimum atomic E-state index is -0.216. The summed E-state index contributed by atoms with van der Waals surface area (Å²) in [6.45, 7) is 6.80. The van der Waals surface area contributed by atoms with Gasteiger partial charge in [-0.2, -0.15) is 0 Å². The second-order valence-corrected chi connectivity index (χ2v) is 6.13. The number of hydrogen-bond donors (Lipinski definition) is 0. The Morgan fingerprint density at radius 2 is 1.64 bits per heavy atom. The second-order valence-electron chi connectivity index (χ2n) is 6.13. The van der Waals surface area contributed by atoms with Crippen molar-refractivity contribution in [3.63, 3.8) is 0 Å². The van der Waals surface area contributed by atoms with Gasteiger partial charge in [0.1, 0.15) is 5.75 Å². The molecule has 0 aliphatic carbocycles. The third kappa shape index (κ3) is 5.62. The fraction of sp³-hybridized carbons (Fsp3) is 0.684. The van der Waals surface area contributed by atoms with Gasteiger partial charge in [-0.05, 0) is 25.0 Å². The standard InChI is InChI=1S/C19H30O3/c1-3-5-7-8-16-14-21-19(22-15-16)17-9-11-18(12-10-17)20-13-6-4-2/h9-12,16,19H,3-8,13-15H2,1-2H3. The molecule has 1 aliphatic heterocycles. The average molecular weight is 306 g/mol. The Hall–Kier alpha value is -1.06. The van der Waals surface area contributed by atoms with E-state index >= 15 is 0 Å². The molecule has 0 radical (unpaired) electrons. The summed E-state index contributed by atoms with van der Waals surface area (Å²) >= 11 is 0. The molecule has 1 fully saturated rings. The topological polar surface area (TPSA) is 27.7 Å². The minimum Gasteiger partial charge on any atom is -0.494 e. The van der Waals surface area contributed by atoms with Gasteiger partial charge in [0.05, 0.1) is 19.8 Å². The highest BCUT2D eigenvalue weighted by molar-refractivity contribution is 5.28. The van der Waals surface area contributed by atoms with E-state index in [-0.39, 0.29) is 6.29 Å². The molecule has 0 amide bonds. The highest BCUT2D eigenvalue weighted by Crippen LogP contribution is 2.28. The van der Waals surface area contributed by atoms with Crippen molar-refractivity contribution in [3.8, 4) is 5.75 Å². The van der Waals surface area contributed by atoms with Crippen LogP contribution in [0.4, 0.5) is 0 Å². The van der Waals surface area contributed by atoms with Gasteiger partial charge < -0.3 is 14.2 Å². The monoisotopic (exact) mass is 306 g/mol. The van der Waals surface area contributed by atoms with E-state index in [9.17, 15) is 0 Å². The number of rotatable bonds is 9. The smallest absolute Gasteiger partial charge is 0.183 e. The van der Waals surface area contributed by atoms with Gasteiger partial charge in [0, 0.05) is 11.5 Å². The van der Waals surface area contributed by atoms with E-state index in [0.29, 0.717) is 5.92 Å². The number of unbranched alkanes of at least 4 members (excludes halogenated alkanes) is 3. The molecule has 3 nitrogen and oxygen atoms in total. The molecule has 0 N–H and O–H groups in total. The van der Waals surface area contributed by atoms with Crippen molar-refractivity contribution in [1.82, 2.24) is 0 Å². The number of benzene rings is 1. The lowest BCUT2D eigenvalue weighted by Crippen LogP contribution is -2.27. The summed E-state index contributed by atoms with van der Waals surface area (Å²) < 4.78 is 17.4. The summed E-state index contributed by atoms with van der Waals surface area (Å²) in [5, 5.41) is 0. The van der Waals surface area contributed by atoms with Crippen LogP contribution in [-0.2, 0) is 9.47 Å². The molecule has 124 valence electrons. The van der Waals surface area contributed by atoms with Gasteiger partial charge in [-0.3, -0.25) is 0 Å². The van der Waals surface area contributed by atoms with Gasteiger partial charge in [0.2, 0.25) is 0 Å². The van der Waals surface area contributed by atoms with Gasteiger partial charge >= 0.3 is 0 Å². The van der Waals surface area contributed by atoms with Crippen molar-refractivity contribution in [3.05, 3.63) is 29.8 Å². The zero-order valence-electron chi connectivity index (χ0n) is 14.1. The van der Waals surface area contributed by atoms with Crippen LogP contribution in [0.25, 0.3) is 0 Å². The van der Waals surface area contributed by atoms with Gasteiger partial charge in [0.25, 0.3) is 0 Å². The van der Waals surface area contributed by atoms with Crippen molar-refractivity contribution in [2.75, 3.05) is 19.8 Å². The Balaban J connectivity index is 1.74. The maximum Gasteiger partial charge on any atom is 0.183 e. The maximum atomic E-state index is 5.88. The Labute approximate surface area is 135 Å². The first kappa shape index (κ1) is 17.3. The van der Waals surface area contributed by atoms with Crippen molar-refractivity contribution in [1.29, 1.82) is 0 Å². The minimum absolute atomic E-state index is 0.216. The molecular weight excluding hydrogens is 276 g/mol. The molecule has 3 heteroatoms. The molecule has 1 heterocycles. The SMILES string of the molecule is CCCCCC1COC(c2ccc(OCCCC)cc2)OC1. The summed E-state index contributed by atoms with van der Waals surface area (Å²) in [6.07, 6.45) is 7.10. The van der Waals surface area contributed by atoms with Crippen LogP contribution in [0.15, 0.2) is 24.3 Å². The molecule has 2 rings (SSSR count). The third-order valence-electron chi connectivity index (χ3n) is 4.10. The average Bonchev–Trinajstić information content (AvgIpc) is 2.57. The van der Waals surface area contributed by atoms with Gasteiger partial charge in [-0.25, -0.2) is 0 Å². The zero-order valence-corrected chi connectivity index (χ0v) is 14.1. The molecule has 1 saturated heterocycles.